The topological polar surface area (TPSA) is 69.0 Å². The maximum absolute atomic E-state index is 12.6. The Labute approximate surface area is 161 Å². The van der Waals surface area contributed by atoms with Gasteiger partial charge in [-0.05, 0) is 42.3 Å². The molecule has 0 fully saturated rings. The maximum atomic E-state index is 12.6. The van der Waals surface area contributed by atoms with E-state index in [1.165, 1.54) is 4.88 Å². The van der Waals surface area contributed by atoms with Crippen molar-refractivity contribution in [1.82, 2.24) is 10.3 Å². The lowest BCUT2D eigenvalue weighted by atomic mass is 9.95. The number of carbonyl (C=O) groups is 1. The Kier molecular flexibility index (Phi) is 4.86. The van der Waals surface area contributed by atoms with Gasteiger partial charge in [-0.2, -0.15) is 5.26 Å². The zero-order valence-corrected chi connectivity index (χ0v) is 15.4. The van der Waals surface area contributed by atoms with E-state index in [1.807, 2.05) is 60.2 Å². The third kappa shape index (κ3) is 3.83. The summed E-state index contributed by atoms with van der Waals surface area (Å²) in [6.07, 6.45) is 2.59. The molecule has 2 aromatic carbocycles. The Hall–Kier alpha value is -3.17. The molecule has 0 radical (unpaired) electrons. The van der Waals surface area contributed by atoms with Gasteiger partial charge in [0.05, 0.1) is 29.7 Å². The van der Waals surface area contributed by atoms with Crippen LogP contribution in [0, 0.1) is 11.3 Å². The van der Waals surface area contributed by atoms with Gasteiger partial charge in [0.2, 0.25) is 0 Å². The lowest BCUT2D eigenvalue weighted by Gasteiger charge is -2.36. The number of hydrogen-bond acceptors (Lipinski definition) is 5. The summed E-state index contributed by atoms with van der Waals surface area (Å²) in [5, 5.41) is 12.4. The molecule has 1 atom stereocenters. The minimum atomic E-state index is -0.0711. The molecule has 0 saturated carbocycles. The molecule has 0 saturated heterocycles. The van der Waals surface area contributed by atoms with Gasteiger partial charge in [-0.1, -0.05) is 18.2 Å². The fourth-order valence-electron chi connectivity index (χ4n) is 3.43. The molecule has 0 spiro atoms. The van der Waals surface area contributed by atoms with E-state index in [4.69, 9.17) is 0 Å². The Morgan fingerprint density at radius 3 is 2.89 bits per heavy atom. The van der Waals surface area contributed by atoms with E-state index >= 15 is 0 Å². The van der Waals surface area contributed by atoms with Crippen molar-refractivity contribution < 1.29 is 4.79 Å². The fourth-order valence-corrected chi connectivity index (χ4v) is 4.04. The predicted molar refractivity (Wildman–Crippen MR) is 106 cm³/mol. The van der Waals surface area contributed by atoms with Gasteiger partial charge in [-0.15, -0.1) is 11.3 Å². The van der Waals surface area contributed by atoms with Crippen molar-refractivity contribution in [3.05, 3.63) is 81.8 Å². The third-order valence-electron chi connectivity index (χ3n) is 4.66. The van der Waals surface area contributed by atoms with Crippen LogP contribution in [-0.2, 0) is 13.0 Å². The summed E-state index contributed by atoms with van der Waals surface area (Å²) < 4.78 is 0. The third-order valence-corrected chi connectivity index (χ3v) is 5.42. The number of amides is 1. The Morgan fingerprint density at radius 1 is 1.30 bits per heavy atom. The highest BCUT2D eigenvalue weighted by molar-refractivity contribution is 7.09. The molecule has 1 N–H and O–H groups in total. The quantitative estimate of drug-likeness (QED) is 0.760. The van der Waals surface area contributed by atoms with E-state index in [2.05, 4.69) is 21.3 Å². The normalized spacial score (nSPS) is 15.7. The molecule has 1 aliphatic heterocycles. The van der Waals surface area contributed by atoms with Crippen LogP contribution in [-0.4, -0.2) is 23.5 Å². The number of anilines is 1. The van der Waals surface area contributed by atoms with E-state index in [0.29, 0.717) is 17.5 Å². The van der Waals surface area contributed by atoms with Crippen molar-refractivity contribution in [3.63, 3.8) is 0 Å². The van der Waals surface area contributed by atoms with Gasteiger partial charge in [0.25, 0.3) is 5.91 Å². The van der Waals surface area contributed by atoms with Crippen LogP contribution >= 0.6 is 11.3 Å². The lowest BCUT2D eigenvalue weighted by Crippen LogP contribution is -2.48. The summed E-state index contributed by atoms with van der Waals surface area (Å²) in [6, 6.07) is 17.2. The number of fused-ring (bicyclic) bond motifs is 1. The second-order valence-electron chi connectivity index (χ2n) is 6.54. The van der Waals surface area contributed by atoms with Crippen molar-refractivity contribution in [3.8, 4) is 6.07 Å². The number of hydrogen-bond donors (Lipinski definition) is 1. The Morgan fingerprint density at radius 2 is 2.15 bits per heavy atom. The summed E-state index contributed by atoms with van der Waals surface area (Å²) in [5.74, 6) is -0.0711. The number of nitrogens with zero attached hydrogens (tertiary/aromatic N) is 3. The number of nitrogens with one attached hydrogen (secondary N) is 1. The molecule has 0 aliphatic carbocycles. The number of aromatic nitrogens is 1. The van der Waals surface area contributed by atoms with E-state index < -0.39 is 0 Å². The largest absolute Gasteiger partial charge is 0.364 e. The number of nitriles is 1. The predicted octanol–water partition coefficient (Wildman–Crippen LogP) is 3.38. The molecule has 1 amide bonds. The Balaban J connectivity index is 1.59. The summed E-state index contributed by atoms with van der Waals surface area (Å²) >= 11 is 1.62. The van der Waals surface area contributed by atoms with Crippen LogP contribution in [0.3, 0.4) is 0 Å². The van der Waals surface area contributed by atoms with Crippen LogP contribution < -0.4 is 10.2 Å². The highest BCUT2D eigenvalue weighted by atomic mass is 32.1. The minimum Gasteiger partial charge on any atom is -0.364 e. The van der Waals surface area contributed by atoms with Crippen LogP contribution in [0.5, 0.6) is 0 Å². The molecule has 6 heteroatoms. The first-order chi connectivity index (χ1) is 13.2. The molecular weight excluding hydrogens is 356 g/mol. The molecule has 0 unspecified atom stereocenters. The summed E-state index contributed by atoms with van der Waals surface area (Å²) in [6.45, 7) is 1.46. The van der Waals surface area contributed by atoms with Crippen LogP contribution in [0.15, 0.2) is 60.2 Å². The SMILES string of the molecule is N#Cc1ccc2c(c1)C[C@H](NC(=O)c1ccccc1)CN2Cc1cncs1. The molecule has 4 rings (SSSR count). The monoisotopic (exact) mass is 374 g/mol. The number of thiazole rings is 1. The molecule has 1 aliphatic rings. The number of carbonyl (C=O) groups excluding carboxylic acids is 1. The van der Waals surface area contributed by atoms with Crippen molar-refractivity contribution in [2.24, 2.45) is 0 Å². The molecule has 2 heterocycles. The van der Waals surface area contributed by atoms with Gasteiger partial charge >= 0.3 is 0 Å². The van der Waals surface area contributed by atoms with E-state index in [9.17, 15) is 10.1 Å². The summed E-state index contributed by atoms with van der Waals surface area (Å²) in [7, 11) is 0. The van der Waals surface area contributed by atoms with Gasteiger partial charge in [-0.25, -0.2) is 0 Å². The van der Waals surface area contributed by atoms with Gasteiger partial charge < -0.3 is 10.2 Å². The minimum absolute atomic E-state index is 0.0212. The van der Waals surface area contributed by atoms with Crippen LogP contribution in [0.25, 0.3) is 0 Å². The molecule has 3 aromatic rings. The molecule has 0 bridgehead atoms. The molecule has 134 valence electrons. The molecule has 1 aromatic heterocycles. The van der Waals surface area contributed by atoms with E-state index in [1.54, 1.807) is 11.3 Å². The lowest BCUT2D eigenvalue weighted by molar-refractivity contribution is 0.0937. The number of rotatable bonds is 4. The van der Waals surface area contributed by atoms with E-state index in [0.717, 1.165) is 24.3 Å². The first-order valence-corrected chi connectivity index (χ1v) is 9.62. The van der Waals surface area contributed by atoms with Gasteiger partial charge in [0.15, 0.2) is 0 Å². The standard InChI is InChI=1S/C21H18N4OS/c22-10-15-6-7-20-17(8-15)9-18(12-25(20)13-19-11-23-14-27-19)24-21(26)16-4-2-1-3-5-16/h1-8,11,14,18H,9,12-13H2,(H,24,26)/t18-/m0/s1. The van der Waals surface area contributed by atoms with Crippen molar-refractivity contribution in [1.29, 1.82) is 5.26 Å². The molecule has 27 heavy (non-hydrogen) atoms. The first kappa shape index (κ1) is 17.3. The zero-order valence-electron chi connectivity index (χ0n) is 14.6. The summed E-state index contributed by atoms with van der Waals surface area (Å²) in [5.41, 5.74) is 5.33. The zero-order chi connectivity index (χ0) is 18.6. The van der Waals surface area contributed by atoms with Crippen LogP contribution in [0.2, 0.25) is 0 Å². The first-order valence-electron chi connectivity index (χ1n) is 8.74. The van der Waals surface area contributed by atoms with Crippen molar-refractivity contribution in [2.75, 3.05) is 11.4 Å². The van der Waals surface area contributed by atoms with Gasteiger partial charge in [-0.3, -0.25) is 9.78 Å². The number of benzene rings is 2. The second-order valence-corrected chi connectivity index (χ2v) is 7.51. The van der Waals surface area contributed by atoms with Crippen molar-refractivity contribution >= 4 is 22.9 Å². The van der Waals surface area contributed by atoms with Crippen LogP contribution in [0.4, 0.5) is 5.69 Å². The summed E-state index contributed by atoms with van der Waals surface area (Å²) in [4.78, 5) is 20.2. The highest BCUT2D eigenvalue weighted by Crippen LogP contribution is 2.30. The Bertz CT molecular complexity index is 979. The smallest absolute Gasteiger partial charge is 0.251 e. The molecular formula is C21H18N4OS. The van der Waals surface area contributed by atoms with Gasteiger partial charge in [0, 0.05) is 28.9 Å². The highest BCUT2D eigenvalue weighted by Gasteiger charge is 2.26. The van der Waals surface area contributed by atoms with Crippen LogP contribution in [0.1, 0.15) is 26.4 Å². The van der Waals surface area contributed by atoms with Gasteiger partial charge in [0.1, 0.15) is 0 Å². The van der Waals surface area contributed by atoms with Crippen molar-refractivity contribution in [2.45, 2.75) is 19.0 Å². The maximum Gasteiger partial charge on any atom is 0.251 e. The second kappa shape index (κ2) is 7.60. The fraction of sp³-hybridized carbons (Fsp3) is 0.190. The van der Waals surface area contributed by atoms with E-state index in [-0.39, 0.29) is 11.9 Å². The molecule has 5 nitrogen and oxygen atoms in total. The average molecular weight is 374 g/mol. The average Bonchev–Trinajstić information content (AvgIpc) is 3.21.